The van der Waals surface area contributed by atoms with E-state index in [1.807, 2.05) is 66.7 Å². The van der Waals surface area contributed by atoms with Gasteiger partial charge in [0.25, 0.3) is 0 Å². The number of ether oxygens (including phenoxy) is 1. The van der Waals surface area contributed by atoms with Crippen LogP contribution < -0.4 is 16.4 Å². The molecule has 35 heavy (non-hydrogen) atoms. The minimum Gasteiger partial charge on any atom is -0.449 e. The van der Waals surface area contributed by atoms with E-state index >= 15 is 0 Å². The third-order valence-electron chi connectivity index (χ3n) is 5.84. The van der Waals surface area contributed by atoms with Crippen LogP contribution in [0.2, 0.25) is 0 Å². The van der Waals surface area contributed by atoms with E-state index in [9.17, 15) is 14.4 Å². The molecular formula is C27H27N3O4S. The second-order valence-electron chi connectivity index (χ2n) is 8.20. The van der Waals surface area contributed by atoms with Gasteiger partial charge in [0.2, 0.25) is 11.8 Å². The fourth-order valence-corrected chi connectivity index (χ4v) is 4.99. The molecule has 3 aromatic carbocycles. The Labute approximate surface area is 208 Å². The van der Waals surface area contributed by atoms with E-state index in [1.54, 1.807) is 0 Å². The predicted molar refractivity (Wildman–Crippen MR) is 137 cm³/mol. The van der Waals surface area contributed by atoms with Gasteiger partial charge in [0.05, 0.1) is 12.3 Å². The molecule has 3 amide bonds. The summed E-state index contributed by atoms with van der Waals surface area (Å²) in [6.07, 6.45) is -0.428. The van der Waals surface area contributed by atoms with Crippen molar-refractivity contribution in [1.29, 1.82) is 0 Å². The Kier molecular flexibility index (Phi) is 8.05. The molecule has 1 atom stereocenters. The number of primary amides is 1. The van der Waals surface area contributed by atoms with Gasteiger partial charge in [-0.3, -0.25) is 9.59 Å². The molecule has 1 unspecified atom stereocenters. The number of benzene rings is 3. The number of nitrogens with two attached hydrogens (primary N) is 1. The van der Waals surface area contributed by atoms with Crippen LogP contribution in [0.15, 0.2) is 78.9 Å². The maximum absolute atomic E-state index is 12.5. The van der Waals surface area contributed by atoms with Gasteiger partial charge in [-0.1, -0.05) is 78.9 Å². The van der Waals surface area contributed by atoms with E-state index in [0.717, 1.165) is 27.8 Å². The van der Waals surface area contributed by atoms with E-state index in [2.05, 4.69) is 22.8 Å². The Bertz CT molecular complexity index is 1160. The Morgan fingerprint density at radius 3 is 2.11 bits per heavy atom. The van der Waals surface area contributed by atoms with Gasteiger partial charge in [-0.25, -0.2) is 4.79 Å². The number of alkyl carbamates (subject to hydrolysis) is 1. The summed E-state index contributed by atoms with van der Waals surface area (Å²) >= 11 is 1.29. The molecule has 0 bridgehead atoms. The molecule has 0 aromatic heterocycles. The summed E-state index contributed by atoms with van der Waals surface area (Å²) < 4.78 is 5.49. The summed E-state index contributed by atoms with van der Waals surface area (Å²) in [5.41, 5.74) is 10.9. The molecule has 0 spiro atoms. The average molecular weight is 490 g/mol. The molecule has 0 heterocycles. The highest BCUT2D eigenvalue weighted by Crippen LogP contribution is 2.44. The van der Waals surface area contributed by atoms with Crippen molar-refractivity contribution >= 4 is 29.7 Å². The molecule has 180 valence electrons. The van der Waals surface area contributed by atoms with Gasteiger partial charge in [-0.2, -0.15) is 0 Å². The zero-order chi connectivity index (χ0) is 24.6. The molecular weight excluding hydrogens is 462 g/mol. The smallest absolute Gasteiger partial charge is 0.407 e. The van der Waals surface area contributed by atoms with E-state index in [-0.39, 0.29) is 30.6 Å². The van der Waals surface area contributed by atoms with E-state index < -0.39 is 18.0 Å². The SMILES string of the molecule is NC(=O)C(CSCNC(=O)Cc1ccccc1)NC(=O)OCC1c2ccccc2-c2ccccc21. The fraction of sp³-hybridized carbons (Fsp3) is 0.222. The Morgan fingerprint density at radius 1 is 0.886 bits per heavy atom. The van der Waals surface area contributed by atoms with Crippen LogP contribution in [0, 0.1) is 0 Å². The average Bonchev–Trinajstić information content (AvgIpc) is 3.19. The lowest BCUT2D eigenvalue weighted by molar-refractivity contribution is -0.120. The second-order valence-corrected chi connectivity index (χ2v) is 9.23. The van der Waals surface area contributed by atoms with Crippen molar-refractivity contribution in [3.8, 4) is 11.1 Å². The number of fused-ring (bicyclic) bond motifs is 3. The number of carbonyl (C=O) groups excluding carboxylic acids is 3. The number of thioether (sulfide) groups is 1. The third-order valence-corrected chi connectivity index (χ3v) is 6.76. The molecule has 4 rings (SSSR count). The molecule has 0 saturated heterocycles. The first-order valence-electron chi connectivity index (χ1n) is 11.3. The van der Waals surface area contributed by atoms with Gasteiger partial charge in [-0.15, -0.1) is 11.8 Å². The summed E-state index contributed by atoms with van der Waals surface area (Å²) in [5.74, 6) is -0.354. The Hall–Kier alpha value is -3.78. The lowest BCUT2D eigenvalue weighted by Crippen LogP contribution is -2.46. The predicted octanol–water partition coefficient (Wildman–Crippen LogP) is 3.43. The largest absolute Gasteiger partial charge is 0.449 e. The van der Waals surface area contributed by atoms with Gasteiger partial charge >= 0.3 is 6.09 Å². The third kappa shape index (κ3) is 6.22. The van der Waals surface area contributed by atoms with Crippen molar-refractivity contribution in [3.05, 3.63) is 95.6 Å². The summed E-state index contributed by atoms with van der Waals surface area (Å²) in [6, 6.07) is 24.6. The molecule has 0 radical (unpaired) electrons. The molecule has 8 heteroatoms. The maximum Gasteiger partial charge on any atom is 0.407 e. The van der Waals surface area contributed by atoms with Gasteiger partial charge < -0.3 is 21.1 Å². The van der Waals surface area contributed by atoms with Gasteiger partial charge in [0.15, 0.2) is 0 Å². The summed E-state index contributed by atoms with van der Waals surface area (Å²) in [5, 5.41) is 5.33. The fourth-order valence-electron chi connectivity index (χ4n) is 4.13. The quantitative estimate of drug-likeness (QED) is 0.299. The monoisotopic (exact) mass is 489 g/mol. The van der Waals surface area contributed by atoms with Crippen LogP contribution in [0.1, 0.15) is 22.6 Å². The normalized spacial score (nSPS) is 12.8. The van der Waals surface area contributed by atoms with Crippen LogP contribution in [0.4, 0.5) is 4.79 Å². The first-order chi connectivity index (χ1) is 17.0. The molecule has 1 aliphatic carbocycles. The molecule has 1 aliphatic rings. The van der Waals surface area contributed by atoms with Crippen molar-refractivity contribution in [2.45, 2.75) is 18.4 Å². The topological polar surface area (TPSA) is 111 Å². The molecule has 0 saturated carbocycles. The molecule has 0 aliphatic heterocycles. The van der Waals surface area contributed by atoms with Gasteiger partial charge in [-0.05, 0) is 27.8 Å². The minimum absolute atomic E-state index is 0.0746. The highest BCUT2D eigenvalue weighted by atomic mass is 32.2. The molecule has 3 aromatic rings. The van der Waals surface area contributed by atoms with Crippen LogP contribution in [0.3, 0.4) is 0 Å². The molecule has 0 fully saturated rings. The lowest BCUT2D eigenvalue weighted by atomic mass is 9.98. The molecule has 7 nitrogen and oxygen atoms in total. The van der Waals surface area contributed by atoms with Gasteiger partial charge in [0, 0.05) is 11.7 Å². The number of hydrogen-bond donors (Lipinski definition) is 3. The van der Waals surface area contributed by atoms with Crippen molar-refractivity contribution in [2.24, 2.45) is 5.73 Å². The summed E-state index contributed by atoms with van der Waals surface area (Å²) in [4.78, 5) is 36.4. The van der Waals surface area contributed by atoms with Crippen LogP contribution in [-0.2, 0) is 20.7 Å². The number of nitrogens with one attached hydrogen (secondary N) is 2. The van der Waals surface area contributed by atoms with Crippen molar-refractivity contribution in [1.82, 2.24) is 10.6 Å². The maximum atomic E-state index is 12.5. The Balaban J connectivity index is 1.24. The summed E-state index contributed by atoms with van der Waals surface area (Å²) in [6.45, 7) is 0.147. The lowest BCUT2D eigenvalue weighted by Gasteiger charge is -2.18. The first-order valence-corrected chi connectivity index (χ1v) is 12.5. The van der Waals surface area contributed by atoms with Crippen LogP contribution in [0.5, 0.6) is 0 Å². The Morgan fingerprint density at radius 2 is 1.49 bits per heavy atom. The van der Waals surface area contributed by atoms with Crippen LogP contribution >= 0.6 is 11.8 Å². The van der Waals surface area contributed by atoms with Crippen LogP contribution in [0.25, 0.3) is 11.1 Å². The highest BCUT2D eigenvalue weighted by molar-refractivity contribution is 7.99. The number of carbonyl (C=O) groups is 3. The van der Waals surface area contributed by atoms with Crippen molar-refractivity contribution in [2.75, 3.05) is 18.2 Å². The second kappa shape index (κ2) is 11.6. The zero-order valence-electron chi connectivity index (χ0n) is 19.1. The first kappa shape index (κ1) is 24.3. The molecule has 4 N–H and O–H groups in total. The van der Waals surface area contributed by atoms with E-state index in [4.69, 9.17) is 10.5 Å². The van der Waals surface area contributed by atoms with Crippen molar-refractivity contribution in [3.63, 3.8) is 0 Å². The number of hydrogen-bond acceptors (Lipinski definition) is 5. The van der Waals surface area contributed by atoms with E-state index in [1.165, 1.54) is 11.8 Å². The highest BCUT2D eigenvalue weighted by Gasteiger charge is 2.29. The van der Waals surface area contributed by atoms with Gasteiger partial charge in [0.1, 0.15) is 12.6 Å². The summed E-state index contributed by atoms with van der Waals surface area (Å²) in [7, 11) is 0. The van der Waals surface area contributed by atoms with Crippen molar-refractivity contribution < 1.29 is 19.1 Å². The minimum atomic E-state index is -0.915. The number of rotatable bonds is 10. The standard InChI is InChI=1S/C27H27N3O4S/c28-26(32)24(16-35-17-29-25(31)14-18-8-2-1-3-9-18)30-27(33)34-15-23-21-12-6-4-10-19(21)20-11-5-7-13-22(20)23/h1-13,23-24H,14-17H2,(H2,28,32)(H,29,31)(H,30,33). The van der Waals surface area contributed by atoms with E-state index in [0.29, 0.717) is 5.88 Å². The van der Waals surface area contributed by atoms with Crippen LogP contribution in [-0.4, -0.2) is 42.2 Å². The number of amides is 3. The zero-order valence-corrected chi connectivity index (χ0v) is 19.9.